The summed E-state index contributed by atoms with van der Waals surface area (Å²) in [4.78, 5) is 18.6. The number of hydrogen-bond donors (Lipinski definition) is 2. The highest BCUT2D eigenvalue weighted by Gasteiger charge is 2.29. The van der Waals surface area contributed by atoms with E-state index in [2.05, 4.69) is 10.3 Å². The van der Waals surface area contributed by atoms with Crippen LogP contribution in [-0.2, 0) is 11.3 Å². The molecule has 4 rings (SSSR count). The van der Waals surface area contributed by atoms with Gasteiger partial charge in [-0.2, -0.15) is 0 Å². The summed E-state index contributed by atoms with van der Waals surface area (Å²) < 4.78 is 11.3. The number of ether oxygens (including phenoxy) is 2. The van der Waals surface area contributed by atoms with Gasteiger partial charge in [-0.25, -0.2) is 0 Å². The van der Waals surface area contributed by atoms with Crippen LogP contribution >= 0.6 is 0 Å². The van der Waals surface area contributed by atoms with Crippen LogP contribution in [-0.4, -0.2) is 43.1 Å². The number of nitrogens with one attached hydrogen (secondary N) is 1. The minimum Gasteiger partial charge on any atom is -0.490 e. The monoisotopic (exact) mass is 394 g/mol. The number of aliphatic imine (C=N–C) groups is 1. The summed E-state index contributed by atoms with van der Waals surface area (Å²) in [6.45, 7) is 3.15. The summed E-state index contributed by atoms with van der Waals surface area (Å²) in [5.74, 6) is 2.12. The minimum absolute atomic E-state index is 0.170. The molecule has 2 aliphatic heterocycles. The maximum Gasteiger partial charge on any atom is 0.223 e. The first-order valence-electron chi connectivity index (χ1n) is 9.95. The van der Waals surface area contributed by atoms with Crippen LogP contribution in [0.25, 0.3) is 0 Å². The van der Waals surface area contributed by atoms with E-state index in [9.17, 15) is 4.79 Å². The van der Waals surface area contributed by atoms with Gasteiger partial charge in [-0.05, 0) is 17.7 Å². The molecule has 3 N–H and O–H groups in total. The number of fused-ring (bicyclic) bond motifs is 1. The Hall–Kier alpha value is -3.22. The molecule has 0 aromatic heterocycles. The summed E-state index contributed by atoms with van der Waals surface area (Å²) in [6.07, 6.45) is 1.37. The molecule has 1 saturated heterocycles. The number of likely N-dealkylation sites (tertiary alicyclic amines) is 1. The van der Waals surface area contributed by atoms with Crippen molar-refractivity contribution in [3.8, 4) is 11.5 Å². The fraction of sp³-hybridized carbons (Fsp3) is 0.364. The first-order valence-corrected chi connectivity index (χ1v) is 9.95. The van der Waals surface area contributed by atoms with Crippen molar-refractivity contribution in [2.75, 3.05) is 31.6 Å². The number of anilines is 1. The molecule has 0 aliphatic carbocycles. The average molecular weight is 394 g/mol. The van der Waals surface area contributed by atoms with Crippen LogP contribution in [0, 0.1) is 5.92 Å². The van der Waals surface area contributed by atoms with Gasteiger partial charge in [-0.1, -0.05) is 30.3 Å². The van der Waals surface area contributed by atoms with Crippen LogP contribution in [0.1, 0.15) is 18.4 Å². The van der Waals surface area contributed by atoms with Crippen LogP contribution in [0.5, 0.6) is 11.5 Å². The molecule has 0 saturated carbocycles. The second kappa shape index (κ2) is 8.86. The van der Waals surface area contributed by atoms with E-state index in [1.54, 1.807) is 0 Å². The normalized spacial score (nSPS) is 19.2. The second-order valence-electron chi connectivity index (χ2n) is 7.39. The Morgan fingerprint density at radius 1 is 1.14 bits per heavy atom. The third-order valence-electron chi connectivity index (χ3n) is 5.05. The number of nitrogens with zero attached hydrogens (tertiary/aromatic N) is 2. The molecule has 7 heteroatoms. The van der Waals surface area contributed by atoms with E-state index in [0.717, 1.165) is 23.4 Å². The Morgan fingerprint density at radius 3 is 2.76 bits per heavy atom. The quantitative estimate of drug-likeness (QED) is 0.601. The molecular weight excluding hydrogens is 368 g/mol. The zero-order valence-electron chi connectivity index (χ0n) is 16.3. The van der Waals surface area contributed by atoms with Crippen molar-refractivity contribution in [2.45, 2.75) is 19.4 Å². The topological polar surface area (TPSA) is 89.2 Å². The number of guanidine groups is 1. The summed E-state index contributed by atoms with van der Waals surface area (Å²) in [5.41, 5.74) is 7.99. The lowest BCUT2D eigenvalue weighted by atomic mass is 10.1. The van der Waals surface area contributed by atoms with Gasteiger partial charge in [0.05, 0.1) is 13.2 Å². The number of amides is 1. The predicted octanol–water partition coefficient (Wildman–Crippen LogP) is 2.62. The molecular formula is C22H26N4O3. The van der Waals surface area contributed by atoms with Crippen molar-refractivity contribution in [1.29, 1.82) is 0 Å². The fourth-order valence-corrected chi connectivity index (χ4v) is 3.59. The zero-order valence-corrected chi connectivity index (χ0v) is 16.3. The maximum absolute atomic E-state index is 12.3. The molecule has 2 aliphatic rings. The minimum atomic E-state index is 0.170. The Bertz CT molecular complexity index is 885. The lowest BCUT2D eigenvalue weighted by Crippen LogP contribution is -2.26. The van der Waals surface area contributed by atoms with Crippen molar-refractivity contribution in [3.05, 3.63) is 54.1 Å². The summed E-state index contributed by atoms with van der Waals surface area (Å²) in [6, 6.07) is 15.7. The van der Waals surface area contributed by atoms with Crippen molar-refractivity contribution < 1.29 is 14.3 Å². The number of benzene rings is 2. The van der Waals surface area contributed by atoms with Crippen molar-refractivity contribution in [1.82, 2.24) is 4.90 Å². The molecule has 1 fully saturated rings. The largest absolute Gasteiger partial charge is 0.490 e. The van der Waals surface area contributed by atoms with Gasteiger partial charge >= 0.3 is 0 Å². The fourth-order valence-electron chi connectivity index (χ4n) is 3.59. The average Bonchev–Trinajstić information content (AvgIpc) is 2.92. The first kappa shape index (κ1) is 19.1. The molecule has 1 amide bonds. The van der Waals surface area contributed by atoms with Gasteiger partial charge in [0.2, 0.25) is 5.91 Å². The number of rotatable bonds is 5. The molecule has 2 aromatic carbocycles. The van der Waals surface area contributed by atoms with Gasteiger partial charge in [-0.3, -0.25) is 9.79 Å². The molecule has 0 radical (unpaired) electrons. The van der Waals surface area contributed by atoms with Crippen molar-refractivity contribution in [3.63, 3.8) is 0 Å². The van der Waals surface area contributed by atoms with Crippen molar-refractivity contribution >= 4 is 17.6 Å². The molecule has 0 spiro atoms. The summed E-state index contributed by atoms with van der Waals surface area (Å²) in [7, 11) is 0. The molecule has 152 valence electrons. The zero-order chi connectivity index (χ0) is 20.1. The molecule has 7 nitrogen and oxygen atoms in total. The predicted molar refractivity (Wildman–Crippen MR) is 112 cm³/mol. The lowest BCUT2D eigenvalue weighted by molar-refractivity contribution is -0.128. The third kappa shape index (κ3) is 4.99. The Kier molecular flexibility index (Phi) is 5.84. The maximum atomic E-state index is 12.3. The smallest absolute Gasteiger partial charge is 0.223 e. The highest BCUT2D eigenvalue weighted by Crippen LogP contribution is 2.32. The van der Waals surface area contributed by atoms with Crippen LogP contribution in [0.15, 0.2) is 53.5 Å². The molecule has 29 heavy (non-hydrogen) atoms. The van der Waals surface area contributed by atoms with E-state index in [4.69, 9.17) is 15.2 Å². The van der Waals surface area contributed by atoms with Crippen LogP contribution in [0.4, 0.5) is 5.69 Å². The molecule has 1 atom stereocenters. The van der Waals surface area contributed by atoms with Crippen LogP contribution < -0.4 is 20.5 Å². The second-order valence-corrected chi connectivity index (χ2v) is 7.39. The molecule has 1 unspecified atom stereocenters. The Morgan fingerprint density at radius 2 is 1.93 bits per heavy atom. The number of carbonyl (C=O) groups excluding carboxylic acids is 1. The standard InChI is InChI=1S/C22H26N4O3/c23-22(25-18-7-8-19-20(12-18)29-10-4-9-28-19)24-13-17-11-21(27)26(15-17)14-16-5-2-1-3-6-16/h1-3,5-8,12,17H,4,9-11,13-15H2,(H3,23,24,25). The Labute approximate surface area is 170 Å². The van der Waals surface area contributed by atoms with Gasteiger partial charge < -0.3 is 25.4 Å². The van der Waals surface area contributed by atoms with Gasteiger partial charge in [0.1, 0.15) is 0 Å². The number of hydrogen-bond acceptors (Lipinski definition) is 4. The molecule has 2 aromatic rings. The van der Waals surface area contributed by atoms with Gasteiger partial charge in [0.15, 0.2) is 17.5 Å². The lowest BCUT2D eigenvalue weighted by Gasteiger charge is -2.16. The van der Waals surface area contributed by atoms with Gasteiger partial charge in [0.25, 0.3) is 0 Å². The summed E-state index contributed by atoms with van der Waals surface area (Å²) in [5, 5.41) is 3.09. The van der Waals surface area contributed by atoms with E-state index >= 15 is 0 Å². The molecule has 0 bridgehead atoms. The van der Waals surface area contributed by atoms with E-state index in [0.29, 0.717) is 51.0 Å². The highest BCUT2D eigenvalue weighted by molar-refractivity contribution is 5.92. The van der Waals surface area contributed by atoms with Crippen LogP contribution in [0.2, 0.25) is 0 Å². The SMILES string of the molecule is NC(=NCC1CC(=O)N(Cc2ccccc2)C1)Nc1ccc2c(c1)OCCCO2. The van der Waals surface area contributed by atoms with E-state index in [1.165, 1.54) is 0 Å². The van der Waals surface area contributed by atoms with Crippen LogP contribution in [0.3, 0.4) is 0 Å². The first-order chi connectivity index (χ1) is 14.2. The Balaban J connectivity index is 1.31. The highest BCUT2D eigenvalue weighted by atomic mass is 16.5. The number of nitrogens with two attached hydrogens (primary N) is 1. The van der Waals surface area contributed by atoms with E-state index in [1.807, 2.05) is 53.4 Å². The summed E-state index contributed by atoms with van der Waals surface area (Å²) >= 11 is 0. The number of carbonyl (C=O) groups is 1. The van der Waals surface area contributed by atoms with Gasteiger partial charge in [-0.15, -0.1) is 0 Å². The van der Waals surface area contributed by atoms with Crippen molar-refractivity contribution in [2.24, 2.45) is 16.6 Å². The van der Waals surface area contributed by atoms with E-state index < -0.39 is 0 Å². The molecule has 2 heterocycles. The third-order valence-corrected chi connectivity index (χ3v) is 5.05. The van der Waals surface area contributed by atoms with Gasteiger partial charge in [0, 0.05) is 50.1 Å². The van der Waals surface area contributed by atoms with E-state index in [-0.39, 0.29) is 11.8 Å².